The van der Waals surface area contributed by atoms with Crippen LogP contribution in [0.2, 0.25) is 0 Å². The van der Waals surface area contributed by atoms with Crippen molar-refractivity contribution in [2.45, 2.75) is 6.92 Å². The number of benzene rings is 1. The molecule has 0 bridgehead atoms. The molecular weight excluding hydrogens is 227 g/mol. The SMILES string of the molecule is Cc1ccc(-c2cc[se]c2O)cc1. The van der Waals surface area contributed by atoms with Crippen molar-refractivity contribution in [1.29, 1.82) is 0 Å². The standard InChI is InChI=1S/C11H10OSe/c1-8-2-4-9(5-3-8)10-6-7-13-11(10)12/h2-7,12H,1H3. The van der Waals surface area contributed by atoms with Crippen LogP contribution >= 0.6 is 0 Å². The summed E-state index contributed by atoms with van der Waals surface area (Å²) in [5.41, 5.74) is 3.34. The molecule has 2 heteroatoms. The van der Waals surface area contributed by atoms with Crippen molar-refractivity contribution in [2.24, 2.45) is 0 Å². The van der Waals surface area contributed by atoms with Gasteiger partial charge in [0, 0.05) is 0 Å². The summed E-state index contributed by atoms with van der Waals surface area (Å²) in [6.07, 6.45) is 0. The molecule has 1 N–H and O–H groups in total. The van der Waals surface area contributed by atoms with Gasteiger partial charge in [-0.05, 0) is 0 Å². The number of aryl methyl sites for hydroxylation is 1. The number of rotatable bonds is 1. The van der Waals surface area contributed by atoms with Crippen LogP contribution in [0.1, 0.15) is 5.56 Å². The van der Waals surface area contributed by atoms with Gasteiger partial charge < -0.3 is 0 Å². The van der Waals surface area contributed by atoms with Crippen LogP contribution in [-0.4, -0.2) is 19.6 Å². The Hall–Kier alpha value is -0.981. The van der Waals surface area contributed by atoms with Crippen molar-refractivity contribution in [3.63, 3.8) is 0 Å². The molecule has 1 nitrogen and oxygen atoms in total. The molecule has 2 aromatic rings. The second-order valence-corrected chi connectivity index (χ2v) is 4.88. The molecule has 0 amide bonds. The summed E-state index contributed by atoms with van der Waals surface area (Å²) in [5.74, 6) is 0. The van der Waals surface area contributed by atoms with Crippen LogP contribution in [0.5, 0.6) is 4.62 Å². The van der Waals surface area contributed by atoms with Crippen LogP contribution in [-0.2, 0) is 0 Å². The third-order valence-electron chi connectivity index (χ3n) is 2.01. The van der Waals surface area contributed by atoms with Crippen LogP contribution in [0.3, 0.4) is 0 Å². The van der Waals surface area contributed by atoms with E-state index in [1.54, 1.807) is 0 Å². The summed E-state index contributed by atoms with van der Waals surface area (Å²) in [6.45, 7) is 2.06. The van der Waals surface area contributed by atoms with E-state index in [0.29, 0.717) is 4.62 Å². The van der Waals surface area contributed by atoms with E-state index in [2.05, 4.69) is 19.1 Å². The number of aromatic hydroxyl groups is 1. The predicted octanol–water partition coefficient (Wildman–Crippen LogP) is 2.42. The van der Waals surface area contributed by atoms with Crippen LogP contribution in [0.25, 0.3) is 11.1 Å². The van der Waals surface area contributed by atoms with Crippen molar-refractivity contribution in [3.05, 3.63) is 40.8 Å². The zero-order valence-electron chi connectivity index (χ0n) is 7.32. The Kier molecular flexibility index (Phi) is 2.26. The zero-order chi connectivity index (χ0) is 9.26. The molecule has 0 saturated heterocycles. The van der Waals surface area contributed by atoms with E-state index < -0.39 is 0 Å². The summed E-state index contributed by atoms with van der Waals surface area (Å²) in [7, 11) is 0. The van der Waals surface area contributed by atoms with Gasteiger partial charge in [0.15, 0.2) is 0 Å². The average molecular weight is 237 g/mol. The molecule has 0 aliphatic carbocycles. The normalized spacial score (nSPS) is 10.2. The van der Waals surface area contributed by atoms with E-state index in [0.717, 1.165) is 11.1 Å². The topological polar surface area (TPSA) is 20.2 Å². The van der Waals surface area contributed by atoms with Gasteiger partial charge in [-0.15, -0.1) is 0 Å². The van der Waals surface area contributed by atoms with Gasteiger partial charge in [-0.2, -0.15) is 0 Å². The molecule has 0 unspecified atom stereocenters. The molecule has 1 heterocycles. The summed E-state index contributed by atoms with van der Waals surface area (Å²) in [6, 6.07) is 10.2. The van der Waals surface area contributed by atoms with Crippen molar-refractivity contribution < 1.29 is 5.11 Å². The molecule has 0 aliphatic rings. The molecule has 1 aromatic carbocycles. The maximum atomic E-state index is 9.56. The van der Waals surface area contributed by atoms with Gasteiger partial charge >= 0.3 is 83.1 Å². The Morgan fingerprint density at radius 3 is 2.31 bits per heavy atom. The van der Waals surface area contributed by atoms with Crippen molar-refractivity contribution in [1.82, 2.24) is 0 Å². The molecule has 13 heavy (non-hydrogen) atoms. The van der Waals surface area contributed by atoms with E-state index in [-0.39, 0.29) is 14.5 Å². The Bertz CT molecular complexity index is 400. The molecule has 1 aromatic heterocycles. The first-order valence-electron chi connectivity index (χ1n) is 4.11. The first kappa shape index (κ1) is 8.61. The first-order chi connectivity index (χ1) is 6.27. The van der Waals surface area contributed by atoms with E-state index in [4.69, 9.17) is 0 Å². The fourth-order valence-electron chi connectivity index (χ4n) is 1.25. The van der Waals surface area contributed by atoms with Gasteiger partial charge in [-0.1, -0.05) is 0 Å². The first-order valence-corrected chi connectivity index (χ1v) is 5.95. The summed E-state index contributed by atoms with van der Waals surface area (Å²) in [5, 5.41) is 9.56. The van der Waals surface area contributed by atoms with Crippen molar-refractivity contribution in [2.75, 3.05) is 0 Å². The average Bonchev–Trinajstić information content (AvgIpc) is 2.53. The van der Waals surface area contributed by atoms with E-state index >= 15 is 0 Å². The second kappa shape index (κ2) is 3.41. The molecule has 0 saturated carbocycles. The molecule has 0 fully saturated rings. The molecule has 0 radical (unpaired) electrons. The molecule has 2 rings (SSSR count). The minimum absolute atomic E-state index is 0.153. The van der Waals surface area contributed by atoms with Gasteiger partial charge in [-0.25, -0.2) is 0 Å². The molecular formula is C11H10OSe. The minimum atomic E-state index is 0.153. The van der Waals surface area contributed by atoms with E-state index in [1.165, 1.54) is 5.56 Å². The Balaban J connectivity index is 2.47. The zero-order valence-corrected chi connectivity index (χ0v) is 9.03. The fourth-order valence-corrected chi connectivity index (χ4v) is 2.61. The number of hydrogen-bond acceptors (Lipinski definition) is 1. The van der Waals surface area contributed by atoms with Gasteiger partial charge in [0.25, 0.3) is 0 Å². The Labute approximate surface area is 83.4 Å². The van der Waals surface area contributed by atoms with Gasteiger partial charge in [-0.3, -0.25) is 0 Å². The van der Waals surface area contributed by atoms with Crippen LogP contribution in [0.15, 0.2) is 35.3 Å². The quantitative estimate of drug-likeness (QED) is 0.755. The van der Waals surface area contributed by atoms with Crippen molar-refractivity contribution >= 4 is 14.5 Å². The fraction of sp³-hybridized carbons (Fsp3) is 0.0909. The number of hydrogen-bond donors (Lipinski definition) is 1. The van der Waals surface area contributed by atoms with Gasteiger partial charge in [0.2, 0.25) is 0 Å². The molecule has 0 atom stereocenters. The van der Waals surface area contributed by atoms with E-state index in [1.807, 2.05) is 23.1 Å². The Morgan fingerprint density at radius 2 is 1.77 bits per heavy atom. The third kappa shape index (κ3) is 1.69. The summed E-state index contributed by atoms with van der Waals surface area (Å²) < 4.78 is 0.538. The van der Waals surface area contributed by atoms with Crippen LogP contribution in [0.4, 0.5) is 0 Å². The van der Waals surface area contributed by atoms with Crippen LogP contribution < -0.4 is 0 Å². The molecule has 66 valence electrons. The molecule has 0 aliphatic heterocycles. The van der Waals surface area contributed by atoms with E-state index in [9.17, 15) is 5.11 Å². The summed E-state index contributed by atoms with van der Waals surface area (Å²) in [4.78, 5) is 2.04. The van der Waals surface area contributed by atoms with Crippen molar-refractivity contribution in [3.8, 4) is 15.8 Å². The monoisotopic (exact) mass is 238 g/mol. The van der Waals surface area contributed by atoms with Gasteiger partial charge in [0.05, 0.1) is 0 Å². The third-order valence-corrected chi connectivity index (χ3v) is 3.51. The second-order valence-electron chi connectivity index (χ2n) is 3.01. The molecule has 0 spiro atoms. The predicted molar refractivity (Wildman–Crippen MR) is 55.2 cm³/mol. The Morgan fingerprint density at radius 1 is 1.08 bits per heavy atom. The maximum absolute atomic E-state index is 9.56. The van der Waals surface area contributed by atoms with Gasteiger partial charge in [0.1, 0.15) is 0 Å². The summed E-state index contributed by atoms with van der Waals surface area (Å²) >= 11 is 0.153. The van der Waals surface area contributed by atoms with Crippen LogP contribution in [0, 0.1) is 6.92 Å².